The molecule has 5 rings (SSSR count). The number of carbonyl (C=O) groups is 1. The molecule has 0 bridgehead atoms. The molecule has 0 saturated carbocycles. The number of carboxylic acid groups (broad SMARTS) is 1. The standard InChI is InChI=1S/C22H23NO3.C6H8O2/c1-25-21-10-18-16-8-13-4-3-7-23(13)12-20(16)15-6-5-14(24)9-17(15)19(18)11-22(21)26-2;1-2-3-4-5-6(7)8/h5-6,9-11,13,24H,3-4,7-8,12H2,1-2H3;2-5H,1H3,(H,7,8)/b;3-2+,5-4+/t13-;/m0./s1. The van der Waals surface area contributed by atoms with Gasteiger partial charge in [-0.1, -0.05) is 24.3 Å². The largest absolute Gasteiger partial charge is 0.508 e. The van der Waals surface area contributed by atoms with Gasteiger partial charge < -0.3 is 19.7 Å². The van der Waals surface area contributed by atoms with Gasteiger partial charge in [0.25, 0.3) is 0 Å². The van der Waals surface area contributed by atoms with E-state index in [1.165, 1.54) is 47.4 Å². The second kappa shape index (κ2) is 10.2. The van der Waals surface area contributed by atoms with E-state index in [0.717, 1.165) is 41.3 Å². The van der Waals surface area contributed by atoms with Gasteiger partial charge in [0.05, 0.1) is 14.2 Å². The first-order valence-corrected chi connectivity index (χ1v) is 11.5. The van der Waals surface area contributed by atoms with E-state index in [9.17, 15) is 9.90 Å². The average Bonchev–Trinajstić information content (AvgIpc) is 3.30. The van der Waals surface area contributed by atoms with Crippen LogP contribution in [-0.2, 0) is 17.8 Å². The number of phenols is 1. The van der Waals surface area contributed by atoms with Crippen molar-refractivity contribution in [3.05, 3.63) is 65.8 Å². The quantitative estimate of drug-likeness (QED) is 0.306. The van der Waals surface area contributed by atoms with Gasteiger partial charge in [0, 0.05) is 18.7 Å². The van der Waals surface area contributed by atoms with Gasteiger partial charge in [0.2, 0.25) is 0 Å². The maximum Gasteiger partial charge on any atom is 0.328 e. The Morgan fingerprint density at radius 2 is 1.71 bits per heavy atom. The summed E-state index contributed by atoms with van der Waals surface area (Å²) >= 11 is 0. The third-order valence-electron chi connectivity index (χ3n) is 6.67. The first kappa shape index (κ1) is 23.6. The molecule has 2 aliphatic heterocycles. The Labute approximate surface area is 199 Å². The van der Waals surface area contributed by atoms with E-state index in [2.05, 4.69) is 23.1 Å². The van der Waals surface area contributed by atoms with E-state index in [1.807, 2.05) is 13.0 Å². The third kappa shape index (κ3) is 4.59. The number of fused-ring (bicyclic) bond motifs is 7. The van der Waals surface area contributed by atoms with Gasteiger partial charge in [-0.2, -0.15) is 0 Å². The van der Waals surface area contributed by atoms with Crippen molar-refractivity contribution < 1.29 is 24.5 Å². The smallest absolute Gasteiger partial charge is 0.328 e. The van der Waals surface area contributed by atoms with Crippen LogP contribution in [0, 0.1) is 0 Å². The molecule has 0 spiro atoms. The SMILES string of the molecule is C/C=C/C=C/C(=O)O.COc1cc2c3c(c4ccc(O)cc4c2cc1OC)CN1CCC[C@H]1C3. The van der Waals surface area contributed by atoms with Crippen molar-refractivity contribution in [2.24, 2.45) is 0 Å². The number of aromatic hydroxyl groups is 1. The first-order valence-electron chi connectivity index (χ1n) is 11.5. The maximum atomic E-state index is 10.1. The minimum Gasteiger partial charge on any atom is -0.508 e. The second-order valence-electron chi connectivity index (χ2n) is 8.63. The number of methoxy groups -OCH3 is 2. The van der Waals surface area contributed by atoms with Crippen molar-refractivity contribution in [3.8, 4) is 17.2 Å². The van der Waals surface area contributed by atoms with Crippen molar-refractivity contribution in [2.45, 2.75) is 38.8 Å². The summed E-state index contributed by atoms with van der Waals surface area (Å²) in [5.74, 6) is 0.866. The van der Waals surface area contributed by atoms with Crippen LogP contribution in [0.4, 0.5) is 0 Å². The van der Waals surface area contributed by atoms with Crippen LogP contribution < -0.4 is 9.47 Å². The van der Waals surface area contributed by atoms with Crippen LogP contribution in [0.5, 0.6) is 17.2 Å². The molecular formula is C28H31NO5. The number of benzene rings is 3. The fourth-order valence-corrected chi connectivity index (χ4v) is 5.13. The summed E-state index contributed by atoms with van der Waals surface area (Å²) in [5.41, 5.74) is 2.83. The van der Waals surface area contributed by atoms with E-state index < -0.39 is 5.97 Å². The van der Waals surface area contributed by atoms with E-state index in [4.69, 9.17) is 14.6 Å². The van der Waals surface area contributed by atoms with Crippen LogP contribution in [-0.4, -0.2) is 47.9 Å². The van der Waals surface area contributed by atoms with Crippen LogP contribution in [0.3, 0.4) is 0 Å². The highest BCUT2D eigenvalue weighted by Crippen LogP contribution is 2.44. The van der Waals surface area contributed by atoms with Gasteiger partial charge in [-0.25, -0.2) is 4.79 Å². The van der Waals surface area contributed by atoms with E-state index >= 15 is 0 Å². The van der Waals surface area contributed by atoms with E-state index in [1.54, 1.807) is 32.4 Å². The summed E-state index contributed by atoms with van der Waals surface area (Å²) in [6, 6.07) is 10.5. The number of phenolic OH excluding ortho intramolecular Hbond substituents is 1. The minimum atomic E-state index is -0.914. The number of allylic oxidation sites excluding steroid dienone is 3. The molecule has 178 valence electrons. The average molecular weight is 462 g/mol. The van der Waals surface area contributed by atoms with Crippen molar-refractivity contribution in [2.75, 3.05) is 20.8 Å². The fraction of sp³-hybridized carbons (Fsp3) is 0.321. The number of aliphatic carboxylic acids is 1. The lowest BCUT2D eigenvalue weighted by atomic mass is 9.85. The molecule has 6 nitrogen and oxygen atoms in total. The monoisotopic (exact) mass is 461 g/mol. The number of nitrogens with zero attached hydrogens (tertiary/aromatic N) is 1. The van der Waals surface area contributed by atoms with Crippen LogP contribution in [0.15, 0.2) is 54.6 Å². The lowest BCUT2D eigenvalue weighted by Gasteiger charge is -2.33. The van der Waals surface area contributed by atoms with Crippen molar-refractivity contribution in [1.82, 2.24) is 4.90 Å². The highest BCUT2D eigenvalue weighted by atomic mass is 16.5. The van der Waals surface area contributed by atoms with Crippen molar-refractivity contribution in [1.29, 1.82) is 0 Å². The summed E-state index contributed by atoms with van der Waals surface area (Å²) < 4.78 is 11.1. The van der Waals surface area contributed by atoms with Gasteiger partial charge >= 0.3 is 5.97 Å². The van der Waals surface area contributed by atoms with Crippen LogP contribution in [0.2, 0.25) is 0 Å². The predicted octanol–water partition coefficient (Wildman–Crippen LogP) is 5.44. The minimum absolute atomic E-state index is 0.295. The molecule has 0 aromatic heterocycles. The molecule has 34 heavy (non-hydrogen) atoms. The fourth-order valence-electron chi connectivity index (χ4n) is 5.13. The first-order chi connectivity index (χ1) is 16.5. The third-order valence-corrected chi connectivity index (χ3v) is 6.67. The Kier molecular flexibility index (Phi) is 7.08. The highest BCUT2D eigenvalue weighted by Gasteiger charge is 2.32. The van der Waals surface area contributed by atoms with Gasteiger partial charge in [0.15, 0.2) is 11.5 Å². The van der Waals surface area contributed by atoms with Gasteiger partial charge in [0.1, 0.15) is 5.75 Å². The van der Waals surface area contributed by atoms with Crippen LogP contribution in [0.1, 0.15) is 30.9 Å². The van der Waals surface area contributed by atoms with Crippen LogP contribution in [0.25, 0.3) is 21.5 Å². The molecule has 0 aliphatic carbocycles. The zero-order chi connectivity index (χ0) is 24.2. The van der Waals surface area contributed by atoms with E-state index in [0.29, 0.717) is 11.8 Å². The molecule has 1 atom stereocenters. The molecule has 1 fully saturated rings. The van der Waals surface area contributed by atoms with Gasteiger partial charge in [-0.3, -0.25) is 4.90 Å². The molecule has 0 unspecified atom stereocenters. The van der Waals surface area contributed by atoms with E-state index in [-0.39, 0.29) is 0 Å². The molecular weight excluding hydrogens is 430 g/mol. The van der Waals surface area contributed by atoms with Crippen LogP contribution >= 0.6 is 0 Å². The molecule has 0 radical (unpaired) electrons. The number of carboxylic acids is 1. The Balaban J connectivity index is 0.000000297. The molecule has 3 aromatic carbocycles. The second-order valence-corrected chi connectivity index (χ2v) is 8.63. The number of hydrogen-bond donors (Lipinski definition) is 2. The zero-order valence-corrected chi connectivity index (χ0v) is 19.9. The molecule has 6 heteroatoms. The Hall–Kier alpha value is -3.51. The number of ether oxygens (including phenoxy) is 2. The molecule has 2 heterocycles. The summed E-state index contributed by atoms with van der Waals surface area (Å²) in [6.07, 6.45) is 9.63. The summed E-state index contributed by atoms with van der Waals surface area (Å²) in [5, 5.41) is 22.8. The van der Waals surface area contributed by atoms with Crippen molar-refractivity contribution in [3.63, 3.8) is 0 Å². The summed E-state index contributed by atoms with van der Waals surface area (Å²) in [6.45, 7) is 4.01. The lowest BCUT2D eigenvalue weighted by molar-refractivity contribution is -0.131. The van der Waals surface area contributed by atoms with Gasteiger partial charge in [-0.15, -0.1) is 0 Å². The lowest BCUT2D eigenvalue weighted by Crippen LogP contribution is -2.35. The molecule has 2 N–H and O–H groups in total. The molecule has 3 aromatic rings. The molecule has 2 aliphatic rings. The Morgan fingerprint density at radius 1 is 1.00 bits per heavy atom. The molecule has 0 amide bonds. The summed E-state index contributed by atoms with van der Waals surface area (Å²) in [7, 11) is 3.35. The summed E-state index contributed by atoms with van der Waals surface area (Å²) in [4.78, 5) is 12.4. The highest BCUT2D eigenvalue weighted by molar-refractivity contribution is 6.12. The van der Waals surface area contributed by atoms with Gasteiger partial charge in [-0.05, 0) is 89.7 Å². The Morgan fingerprint density at radius 3 is 2.38 bits per heavy atom. The predicted molar refractivity (Wildman–Crippen MR) is 135 cm³/mol. The maximum absolute atomic E-state index is 10.1. The number of rotatable bonds is 4. The van der Waals surface area contributed by atoms with Crippen molar-refractivity contribution >= 4 is 27.5 Å². The molecule has 1 saturated heterocycles. The number of hydrogen-bond acceptors (Lipinski definition) is 5. The zero-order valence-electron chi connectivity index (χ0n) is 19.9. The topological polar surface area (TPSA) is 79.2 Å². The normalized spacial score (nSPS) is 17.6. The Bertz CT molecular complexity index is 1280.